The molecule has 6 rings (SSSR count). The lowest BCUT2D eigenvalue weighted by atomic mass is 9.73. The molecule has 5 aliphatic rings. The molecule has 1 saturated heterocycles. The van der Waals surface area contributed by atoms with Crippen LogP contribution in [0.4, 0.5) is 0 Å². The number of piperidine rings is 1. The zero-order chi connectivity index (χ0) is 19.3. The number of aromatic nitrogens is 1. The molecule has 2 N–H and O–H groups in total. The van der Waals surface area contributed by atoms with E-state index in [4.69, 9.17) is 0 Å². The van der Waals surface area contributed by atoms with E-state index < -0.39 is 0 Å². The zero-order valence-electron chi connectivity index (χ0n) is 16.4. The molecule has 1 amide bonds. The quantitative estimate of drug-likeness (QED) is 0.768. The Balaban J connectivity index is 1.22. The maximum atomic E-state index is 12.7. The Labute approximate surface area is 166 Å². The second kappa shape index (κ2) is 7.02. The maximum absolute atomic E-state index is 12.7. The topological polar surface area (TPSA) is 65.7 Å². The van der Waals surface area contributed by atoms with Crippen molar-refractivity contribution < 1.29 is 15.0 Å². The number of hydrogen-bond acceptors (Lipinski definition) is 3. The summed E-state index contributed by atoms with van der Waals surface area (Å²) in [5, 5.41) is 21.4. The number of rotatable bonds is 4. The number of allylic oxidation sites excluding steroid dienone is 3. The van der Waals surface area contributed by atoms with Gasteiger partial charge in [-0.3, -0.25) is 9.36 Å². The molecule has 0 spiro atoms. The van der Waals surface area contributed by atoms with E-state index in [1.54, 1.807) is 4.57 Å². The molecule has 1 aliphatic heterocycles. The van der Waals surface area contributed by atoms with Gasteiger partial charge in [0.2, 0.25) is 5.91 Å². The van der Waals surface area contributed by atoms with Crippen molar-refractivity contribution in [2.24, 2.45) is 5.92 Å². The van der Waals surface area contributed by atoms with Gasteiger partial charge in [-0.15, -0.1) is 0 Å². The SMILES string of the molecule is O=C(CCCn1c(O)c2c(c1O)C1C=CC2CC1)N1CCC2CCCC=C2C1. The van der Waals surface area contributed by atoms with Crippen LogP contribution in [0.5, 0.6) is 11.8 Å². The summed E-state index contributed by atoms with van der Waals surface area (Å²) in [4.78, 5) is 14.7. The van der Waals surface area contributed by atoms with Gasteiger partial charge in [0.1, 0.15) is 0 Å². The van der Waals surface area contributed by atoms with Crippen molar-refractivity contribution in [1.82, 2.24) is 9.47 Å². The standard InChI is InChI=1S/C23H30N2O3/c26-19(24-13-11-15-4-1-2-5-18(15)14-24)6-3-12-25-22(27)20-16-7-8-17(10-9-16)21(20)23(25)28/h5,7-8,15-17,27-28H,1-4,6,9-14H2. The fourth-order valence-corrected chi connectivity index (χ4v) is 5.77. The van der Waals surface area contributed by atoms with Crippen LogP contribution in [-0.2, 0) is 11.3 Å². The molecular weight excluding hydrogens is 352 g/mol. The summed E-state index contributed by atoms with van der Waals surface area (Å²) in [7, 11) is 0. The van der Waals surface area contributed by atoms with Crippen LogP contribution in [0.3, 0.4) is 0 Å². The molecule has 1 aromatic heterocycles. The average Bonchev–Trinajstić information content (AvgIpc) is 3.01. The van der Waals surface area contributed by atoms with Gasteiger partial charge in [0, 0.05) is 49.0 Å². The Kier molecular flexibility index (Phi) is 4.48. The van der Waals surface area contributed by atoms with Gasteiger partial charge in [0.25, 0.3) is 0 Å². The molecule has 150 valence electrons. The zero-order valence-corrected chi connectivity index (χ0v) is 16.4. The molecule has 4 aliphatic carbocycles. The van der Waals surface area contributed by atoms with E-state index in [1.807, 2.05) is 4.90 Å². The Morgan fingerprint density at radius 2 is 1.75 bits per heavy atom. The molecule has 1 aromatic rings. The van der Waals surface area contributed by atoms with Crippen LogP contribution in [0, 0.1) is 5.92 Å². The predicted molar refractivity (Wildman–Crippen MR) is 107 cm³/mol. The van der Waals surface area contributed by atoms with Crippen LogP contribution < -0.4 is 0 Å². The minimum absolute atomic E-state index is 0.197. The number of hydrogen-bond donors (Lipinski definition) is 2. The van der Waals surface area contributed by atoms with Crippen LogP contribution >= 0.6 is 0 Å². The van der Waals surface area contributed by atoms with Gasteiger partial charge in [-0.25, -0.2) is 0 Å². The third kappa shape index (κ3) is 2.87. The van der Waals surface area contributed by atoms with Crippen LogP contribution in [0.25, 0.3) is 0 Å². The van der Waals surface area contributed by atoms with Gasteiger partial charge in [0.05, 0.1) is 0 Å². The lowest BCUT2D eigenvalue weighted by molar-refractivity contribution is -0.131. The van der Waals surface area contributed by atoms with E-state index in [0.717, 1.165) is 49.9 Å². The van der Waals surface area contributed by atoms with Crippen LogP contribution in [0.2, 0.25) is 0 Å². The Morgan fingerprint density at radius 1 is 1.04 bits per heavy atom. The van der Waals surface area contributed by atoms with Crippen molar-refractivity contribution in [3.8, 4) is 11.8 Å². The lowest BCUT2D eigenvalue weighted by Gasteiger charge is -2.36. The fourth-order valence-electron chi connectivity index (χ4n) is 5.77. The number of carbonyl (C=O) groups is 1. The maximum Gasteiger partial charge on any atom is 0.222 e. The molecule has 0 saturated carbocycles. The lowest BCUT2D eigenvalue weighted by Crippen LogP contribution is -2.40. The van der Waals surface area contributed by atoms with E-state index in [1.165, 1.54) is 18.4 Å². The summed E-state index contributed by atoms with van der Waals surface area (Å²) in [6, 6.07) is 0. The van der Waals surface area contributed by atoms with Crippen LogP contribution in [-0.4, -0.2) is 38.7 Å². The third-order valence-electron chi connectivity index (χ3n) is 7.32. The smallest absolute Gasteiger partial charge is 0.222 e. The van der Waals surface area contributed by atoms with Crippen LogP contribution in [0.1, 0.15) is 74.3 Å². The van der Waals surface area contributed by atoms with Gasteiger partial charge in [-0.1, -0.05) is 23.8 Å². The van der Waals surface area contributed by atoms with Crippen molar-refractivity contribution in [3.63, 3.8) is 0 Å². The van der Waals surface area contributed by atoms with E-state index in [-0.39, 0.29) is 29.5 Å². The second-order valence-electron chi connectivity index (χ2n) is 8.92. The van der Waals surface area contributed by atoms with E-state index in [0.29, 0.717) is 25.3 Å². The number of nitrogens with zero attached hydrogens (tertiary/aromatic N) is 2. The molecule has 2 heterocycles. The van der Waals surface area contributed by atoms with Gasteiger partial charge in [0.15, 0.2) is 11.8 Å². The largest absolute Gasteiger partial charge is 0.494 e. The summed E-state index contributed by atoms with van der Waals surface area (Å²) in [5.41, 5.74) is 3.28. The predicted octanol–water partition coefficient (Wildman–Crippen LogP) is 4.17. The monoisotopic (exact) mass is 382 g/mol. The first-order chi connectivity index (χ1) is 13.6. The van der Waals surface area contributed by atoms with Crippen molar-refractivity contribution in [1.29, 1.82) is 0 Å². The minimum Gasteiger partial charge on any atom is -0.494 e. The molecular formula is C23H30N2O3. The van der Waals surface area contributed by atoms with Gasteiger partial charge < -0.3 is 15.1 Å². The van der Waals surface area contributed by atoms with Gasteiger partial charge in [-0.05, 0) is 50.9 Å². The molecule has 0 radical (unpaired) electrons. The van der Waals surface area contributed by atoms with Crippen molar-refractivity contribution in [2.75, 3.05) is 13.1 Å². The molecule has 0 aromatic carbocycles. The van der Waals surface area contributed by atoms with Crippen molar-refractivity contribution in [3.05, 3.63) is 34.9 Å². The van der Waals surface area contributed by atoms with E-state index >= 15 is 0 Å². The highest BCUT2D eigenvalue weighted by Crippen LogP contribution is 2.53. The van der Waals surface area contributed by atoms with E-state index in [2.05, 4.69) is 18.2 Å². The first kappa shape index (κ1) is 17.9. The molecule has 5 heteroatoms. The molecule has 1 fully saturated rings. The molecule has 5 nitrogen and oxygen atoms in total. The van der Waals surface area contributed by atoms with Crippen LogP contribution in [0.15, 0.2) is 23.8 Å². The Morgan fingerprint density at radius 3 is 2.43 bits per heavy atom. The van der Waals surface area contributed by atoms with Crippen molar-refractivity contribution >= 4 is 5.91 Å². The molecule has 3 atom stereocenters. The molecule has 2 bridgehead atoms. The summed E-state index contributed by atoms with van der Waals surface area (Å²) in [6.07, 6.45) is 14.6. The van der Waals surface area contributed by atoms with Gasteiger partial charge >= 0.3 is 0 Å². The first-order valence-electron chi connectivity index (χ1n) is 10.9. The third-order valence-corrected chi connectivity index (χ3v) is 7.32. The average molecular weight is 383 g/mol. The fraction of sp³-hybridized carbons (Fsp3) is 0.609. The number of likely N-dealkylation sites (tertiary alicyclic amines) is 1. The highest BCUT2D eigenvalue weighted by molar-refractivity contribution is 5.76. The number of aromatic hydroxyl groups is 2. The Bertz CT molecular complexity index is 813. The molecule has 28 heavy (non-hydrogen) atoms. The highest BCUT2D eigenvalue weighted by atomic mass is 16.3. The summed E-state index contributed by atoms with van der Waals surface area (Å²) < 4.78 is 1.62. The van der Waals surface area contributed by atoms with Gasteiger partial charge in [-0.2, -0.15) is 0 Å². The minimum atomic E-state index is 0.197. The van der Waals surface area contributed by atoms with Crippen molar-refractivity contribution in [2.45, 2.75) is 69.7 Å². The normalized spacial score (nSPS) is 28.1. The summed E-state index contributed by atoms with van der Waals surface area (Å²) in [6.45, 7) is 2.14. The van der Waals surface area contributed by atoms with E-state index in [9.17, 15) is 15.0 Å². The summed E-state index contributed by atoms with van der Waals surface area (Å²) >= 11 is 0. The highest BCUT2D eigenvalue weighted by Gasteiger charge is 2.37. The number of carbonyl (C=O) groups excluding carboxylic acids is 1. The second-order valence-corrected chi connectivity index (χ2v) is 8.92. The number of amides is 1. The Hall–Kier alpha value is -2.17. The first-order valence-corrected chi connectivity index (χ1v) is 10.9. The number of fused-ring (bicyclic) bond motifs is 2. The summed E-state index contributed by atoms with van der Waals surface area (Å²) in [5.74, 6) is 1.74. The molecule has 3 unspecified atom stereocenters.